The van der Waals surface area contributed by atoms with Crippen LogP contribution in [0.2, 0.25) is 5.02 Å². The highest BCUT2D eigenvalue weighted by Gasteiger charge is 2.29. The number of benzene rings is 2. The number of halogens is 1. The first-order valence-electron chi connectivity index (χ1n) is 8.17. The Labute approximate surface area is 158 Å². The summed E-state index contributed by atoms with van der Waals surface area (Å²) in [6.07, 6.45) is 0. The van der Waals surface area contributed by atoms with Gasteiger partial charge in [0.2, 0.25) is 5.91 Å². The third-order valence-electron chi connectivity index (χ3n) is 4.09. The lowest BCUT2D eigenvalue weighted by Crippen LogP contribution is -2.47. The Morgan fingerprint density at radius 3 is 2.27 bits per heavy atom. The van der Waals surface area contributed by atoms with Crippen LogP contribution in [0, 0.1) is 0 Å². The summed E-state index contributed by atoms with van der Waals surface area (Å²) in [5.41, 5.74) is 0.389. The van der Waals surface area contributed by atoms with E-state index in [2.05, 4.69) is 0 Å². The smallest absolute Gasteiger partial charge is 0.264 e. The van der Waals surface area contributed by atoms with Gasteiger partial charge in [-0.1, -0.05) is 29.8 Å². The van der Waals surface area contributed by atoms with Gasteiger partial charge in [0.15, 0.2) is 0 Å². The van der Waals surface area contributed by atoms with Crippen LogP contribution in [0.3, 0.4) is 0 Å². The van der Waals surface area contributed by atoms with Crippen LogP contribution in [0.5, 0.6) is 0 Å². The van der Waals surface area contributed by atoms with Gasteiger partial charge < -0.3 is 9.64 Å². The van der Waals surface area contributed by atoms with E-state index < -0.39 is 10.0 Å². The predicted octanol–water partition coefficient (Wildman–Crippen LogP) is 2.39. The van der Waals surface area contributed by atoms with Crippen molar-refractivity contribution in [3.63, 3.8) is 0 Å². The standard InChI is InChI=1S/C18H19ClN2O4S/c19-15-6-8-16(9-7-15)21(14-18(22)20-10-12-25-13-11-20)26(23,24)17-4-2-1-3-5-17/h1-9H,10-14H2. The lowest BCUT2D eigenvalue weighted by molar-refractivity contribution is -0.133. The fourth-order valence-electron chi connectivity index (χ4n) is 2.68. The zero-order chi connectivity index (χ0) is 18.6. The summed E-state index contributed by atoms with van der Waals surface area (Å²) < 4.78 is 32.6. The van der Waals surface area contributed by atoms with E-state index in [0.29, 0.717) is 37.0 Å². The molecule has 0 saturated carbocycles. The third kappa shape index (κ3) is 4.17. The number of nitrogens with zero attached hydrogens (tertiary/aromatic N) is 2. The normalized spacial score (nSPS) is 14.9. The molecular weight excluding hydrogens is 376 g/mol. The van der Waals surface area contributed by atoms with Crippen molar-refractivity contribution in [2.24, 2.45) is 0 Å². The molecule has 0 aliphatic carbocycles. The molecule has 26 heavy (non-hydrogen) atoms. The molecule has 1 aliphatic rings. The van der Waals surface area contributed by atoms with E-state index in [4.69, 9.17) is 16.3 Å². The first-order chi connectivity index (χ1) is 12.5. The van der Waals surface area contributed by atoms with E-state index in [1.165, 1.54) is 12.1 Å². The molecule has 1 saturated heterocycles. The minimum atomic E-state index is -3.89. The molecular formula is C18H19ClN2O4S. The number of sulfonamides is 1. The summed E-state index contributed by atoms with van der Waals surface area (Å²) in [6, 6.07) is 14.4. The molecule has 6 nitrogen and oxygen atoms in total. The SMILES string of the molecule is O=C(CN(c1ccc(Cl)cc1)S(=O)(=O)c1ccccc1)N1CCOCC1. The lowest BCUT2D eigenvalue weighted by atomic mass is 10.3. The number of ether oxygens (including phenoxy) is 1. The van der Waals surface area contributed by atoms with Crippen LogP contribution in [0.4, 0.5) is 5.69 Å². The Morgan fingerprint density at radius 1 is 1.04 bits per heavy atom. The van der Waals surface area contributed by atoms with Gasteiger partial charge in [0, 0.05) is 18.1 Å². The Morgan fingerprint density at radius 2 is 1.65 bits per heavy atom. The summed E-state index contributed by atoms with van der Waals surface area (Å²) in [7, 11) is -3.89. The molecule has 0 N–H and O–H groups in total. The average molecular weight is 395 g/mol. The zero-order valence-corrected chi connectivity index (χ0v) is 15.6. The van der Waals surface area contributed by atoms with Crippen LogP contribution >= 0.6 is 11.6 Å². The summed E-state index contributed by atoms with van der Waals surface area (Å²) in [4.78, 5) is 14.4. The van der Waals surface area contributed by atoms with Crippen molar-refractivity contribution in [1.29, 1.82) is 0 Å². The predicted molar refractivity (Wildman–Crippen MR) is 99.8 cm³/mol. The van der Waals surface area contributed by atoms with Gasteiger partial charge in [-0.15, -0.1) is 0 Å². The van der Waals surface area contributed by atoms with Crippen molar-refractivity contribution in [2.45, 2.75) is 4.90 Å². The molecule has 0 spiro atoms. The molecule has 138 valence electrons. The number of hydrogen-bond donors (Lipinski definition) is 0. The van der Waals surface area contributed by atoms with E-state index >= 15 is 0 Å². The molecule has 0 aromatic heterocycles. The quantitative estimate of drug-likeness (QED) is 0.781. The molecule has 8 heteroatoms. The van der Waals surface area contributed by atoms with Crippen LogP contribution in [0.1, 0.15) is 0 Å². The van der Waals surface area contributed by atoms with Crippen molar-refractivity contribution < 1.29 is 17.9 Å². The highest BCUT2D eigenvalue weighted by Crippen LogP contribution is 2.25. The molecule has 3 rings (SSSR count). The molecule has 2 aromatic rings. The topological polar surface area (TPSA) is 66.9 Å². The van der Waals surface area contributed by atoms with E-state index in [0.717, 1.165) is 4.31 Å². The molecule has 0 atom stereocenters. The molecule has 1 heterocycles. The van der Waals surface area contributed by atoms with Gasteiger partial charge in [-0.05, 0) is 36.4 Å². The van der Waals surface area contributed by atoms with Crippen LogP contribution in [-0.2, 0) is 19.6 Å². The van der Waals surface area contributed by atoms with Crippen molar-refractivity contribution in [3.8, 4) is 0 Å². The minimum absolute atomic E-state index is 0.129. The van der Waals surface area contributed by atoms with Crippen molar-refractivity contribution in [2.75, 3.05) is 37.2 Å². The first kappa shape index (κ1) is 18.7. The fraction of sp³-hybridized carbons (Fsp3) is 0.278. The van der Waals surface area contributed by atoms with Crippen LogP contribution < -0.4 is 4.31 Å². The molecule has 1 aliphatic heterocycles. The average Bonchev–Trinajstić information content (AvgIpc) is 2.68. The third-order valence-corrected chi connectivity index (χ3v) is 6.13. The number of morpholine rings is 1. The van der Waals surface area contributed by atoms with E-state index in [1.807, 2.05) is 0 Å². The molecule has 0 unspecified atom stereocenters. The Bertz CT molecular complexity index is 851. The second-order valence-corrected chi connectivity index (χ2v) is 8.09. The molecule has 1 fully saturated rings. The largest absolute Gasteiger partial charge is 0.378 e. The monoisotopic (exact) mass is 394 g/mol. The van der Waals surface area contributed by atoms with Gasteiger partial charge in [0.1, 0.15) is 6.54 Å². The highest BCUT2D eigenvalue weighted by atomic mass is 35.5. The maximum absolute atomic E-state index is 13.1. The maximum atomic E-state index is 13.1. The lowest BCUT2D eigenvalue weighted by Gasteiger charge is -2.30. The summed E-state index contributed by atoms with van der Waals surface area (Å²) >= 11 is 5.92. The van der Waals surface area contributed by atoms with Crippen LogP contribution in [0.25, 0.3) is 0 Å². The first-order valence-corrected chi connectivity index (χ1v) is 9.99. The summed E-state index contributed by atoms with van der Waals surface area (Å²) in [5, 5.41) is 0.491. The summed E-state index contributed by atoms with van der Waals surface area (Å²) in [5.74, 6) is -0.261. The van der Waals surface area contributed by atoms with Crippen molar-refractivity contribution in [3.05, 3.63) is 59.6 Å². The maximum Gasteiger partial charge on any atom is 0.264 e. The van der Waals surface area contributed by atoms with Gasteiger partial charge >= 0.3 is 0 Å². The van der Waals surface area contributed by atoms with Crippen molar-refractivity contribution in [1.82, 2.24) is 4.90 Å². The number of anilines is 1. The van der Waals surface area contributed by atoms with E-state index in [9.17, 15) is 13.2 Å². The molecule has 0 bridgehead atoms. The Hall–Kier alpha value is -2.09. The Kier molecular flexibility index (Phi) is 5.80. The number of hydrogen-bond acceptors (Lipinski definition) is 4. The zero-order valence-electron chi connectivity index (χ0n) is 14.0. The van der Waals surface area contributed by atoms with E-state index in [1.54, 1.807) is 47.4 Å². The molecule has 1 amide bonds. The molecule has 2 aromatic carbocycles. The number of amides is 1. The molecule has 0 radical (unpaired) electrons. The number of rotatable bonds is 5. The van der Waals surface area contributed by atoms with Crippen LogP contribution in [-0.4, -0.2) is 52.1 Å². The van der Waals surface area contributed by atoms with Gasteiger partial charge in [0.25, 0.3) is 10.0 Å². The fourth-order valence-corrected chi connectivity index (χ4v) is 4.24. The van der Waals surface area contributed by atoms with Gasteiger partial charge in [-0.3, -0.25) is 9.10 Å². The Balaban J connectivity index is 1.94. The van der Waals surface area contributed by atoms with Gasteiger partial charge in [-0.2, -0.15) is 0 Å². The van der Waals surface area contributed by atoms with Gasteiger partial charge in [-0.25, -0.2) is 8.42 Å². The number of carbonyl (C=O) groups is 1. The van der Waals surface area contributed by atoms with E-state index in [-0.39, 0.29) is 17.3 Å². The highest BCUT2D eigenvalue weighted by molar-refractivity contribution is 7.92. The second kappa shape index (κ2) is 8.07. The van der Waals surface area contributed by atoms with Gasteiger partial charge in [0.05, 0.1) is 23.8 Å². The van der Waals surface area contributed by atoms with Crippen molar-refractivity contribution >= 4 is 33.2 Å². The number of carbonyl (C=O) groups excluding carboxylic acids is 1. The summed E-state index contributed by atoms with van der Waals surface area (Å²) in [6.45, 7) is 1.55. The second-order valence-electron chi connectivity index (χ2n) is 5.79. The van der Waals surface area contributed by atoms with Crippen LogP contribution in [0.15, 0.2) is 59.5 Å². The minimum Gasteiger partial charge on any atom is -0.378 e.